The number of amides is 1. The molecular formula is C14H20N2O5. The molecule has 7 nitrogen and oxygen atoms in total. The first-order valence-electron chi connectivity index (χ1n) is 6.43. The third-order valence-corrected chi connectivity index (χ3v) is 2.40. The lowest BCUT2D eigenvalue weighted by molar-refractivity contribution is -0.150. The summed E-state index contributed by atoms with van der Waals surface area (Å²) in [6.07, 6.45) is 0. The van der Waals surface area contributed by atoms with E-state index >= 15 is 0 Å². The van der Waals surface area contributed by atoms with Gasteiger partial charge in [-0.1, -0.05) is 6.07 Å². The predicted octanol–water partition coefficient (Wildman–Crippen LogP) is 0.342. The maximum atomic E-state index is 11.5. The molecule has 7 heteroatoms. The number of nitrogens with two attached hydrogens (primary N) is 1. The number of carbonyl (C=O) groups excluding carboxylic acids is 2. The van der Waals surface area contributed by atoms with Crippen molar-refractivity contribution in [3.8, 4) is 5.75 Å². The molecule has 0 aromatic heterocycles. The second-order valence-corrected chi connectivity index (χ2v) is 4.45. The number of anilines is 1. The van der Waals surface area contributed by atoms with Crippen molar-refractivity contribution in [3.63, 3.8) is 0 Å². The molecule has 21 heavy (non-hydrogen) atoms. The van der Waals surface area contributed by atoms with E-state index in [9.17, 15) is 9.59 Å². The van der Waals surface area contributed by atoms with Crippen LogP contribution in [0.3, 0.4) is 0 Å². The van der Waals surface area contributed by atoms with Gasteiger partial charge in [0, 0.05) is 24.9 Å². The molecule has 0 saturated carbocycles. The van der Waals surface area contributed by atoms with Gasteiger partial charge in [0.2, 0.25) is 0 Å². The Morgan fingerprint density at radius 3 is 2.76 bits per heavy atom. The van der Waals surface area contributed by atoms with Crippen LogP contribution in [0.15, 0.2) is 24.3 Å². The highest BCUT2D eigenvalue weighted by molar-refractivity contribution is 5.81. The van der Waals surface area contributed by atoms with E-state index in [0.717, 1.165) is 0 Å². The minimum Gasteiger partial charge on any atom is -0.482 e. The zero-order valence-corrected chi connectivity index (χ0v) is 12.1. The monoisotopic (exact) mass is 296 g/mol. The first-order valence-corrected chi connectivity index (χ1v) is 6.43. The molecule has 0 heterocycles. The van der Waals surface area contributed by atoms with Crippen LogP contribution in [-0.2, 0) is 19.1 Å². The number of hydrogen-bond donors (Lipinski definition) is 2. The number of methoxy groups -OCH3 is 1. The number of ether oxygens (including phenoxy) is 3. The van der Waals surface area contributed by atoms with Gasteiger partial charge in [0.15, 0.2) is 13.2 Å². The summed E-state index contributed by atoms with van der Waals surface area (Å²) in [5.41, 5.74) is 6.11. The van der Waals surface area contributed by atoms with E-state index in [1.165, 1.54) is 7.11 Å². The predicted molar refractivity (Wildman–Crippen MR) is 76.8 cm³/mol. The molecule has 0 aliphatic carbocycles. The highest BCUT2D eigenvalue weighted by Crippen LogP contribution is 2.14. The van der Waals surface area contributed by atoms with Gasteiger partial charge in [-0.15, -0.1) is 0 Å². The van der Waals surface area contributed by atoms with Crippen molar-refractivity contribution < 1.29 is 23.8 Å². The number of carbonyl (C=O) groups is 2. The minimum absolute atomic E-state index is 0.148. The molecule has 1 amide bonds. The van der Waals surface area contributed by atoms with Crippen molar-refractivity contribution >= 4 is 17.6 Å². The van der Waals surface area contributed by atoms with Gasteiger partial charge >= 0.3 is 5.97 Å². The number of benzene rings is 1. The number of nitrogen functional groups attached to an aromatic ring is 1. The average molecular weight is 296 g/mol. The number of rotatable bonds is 8. The molecule has 0 spiro atoms. The fourth-order valence-corrected chi connectivity index (χ4v) is 1.54. The van der Waals surface area contributed by atoms with Crippen molar-refractivity contribution in [1.82, 2.24) is 5.32 Å². The van der Waals surface area contributed by atoms with Crippen LogP contribution in [0.4, 0.5) is 5.69 Å². The van der Waals surface area contributed by atoms with E-state index in [4.69, 9.17) is 19.9 Å². The molecule has 0 aliphatic rings. The second-order valence-electron chi connectivity index (χ2n) is 4.45. The fraction of sp³-hybridized carbons (Fsp3) is 0.429. The summed E-state index contributed by atoms with van der Waals surface area (Å²) in [6, 6.07) is 6.52. The summed E-state index contributed by atoms with van der Waals surface area (Å²) in [5.74, 6) is -0.561. The fourth-order valence-electron chi connectivity index (χ4n) is 1.54. The molecule has 0 fully saturated rings. The van der Waals surface area contributed by atoms with E-state index < -0.39 is 11.9 Å². The minimum atomic E-state index is -0.632. The van der Waals surface area contributed by atoms with Crippen molar-refractivity contribution in [2.24, 2.45) is 0 Å². The van der Waals surface area contributed by atoms with Gasteiger partial charge < -0.3 is 25.3 Å². The maximum absolute atomic E-state index is 11.5. The third kappa shape index (κ3) is 7.17. The molecule has 1 rings (SSSR count). The van der Waals surface area contributed by atoms with Crippen LogP contribution in [0.25, 0.3) is 0 Å². The summed E-state index contributed by atoms with van der Waals surface area (Å²) in [6.45, 7) is 1.53. The van der Waals surface area contributed by atoms with Gasteiger partial charge in [-0.2, -0.15) is 0 Å². The van der Waals surface area contributed by atoms with Crippen molar-refractivity contribution in [3.05, 3.63) is 24.3 Å². The van der Waals surface area contributed by atoms with Crippen molar-refractivity contribution in [2.75, 3.05) is 32.7 Å². The summed E-state index contributed by atoms with van der Waals surface area (Å²) in [7, 11) is 1.54. The molecule has 1 atom stereocenters. The Hall–Kier alpha value is -2.28. The summed E-state index contributed by atoms with van der Waals surface area (Å²) in [4.78, 5) is 22.9. The Labute approximate surface area is 123 Å². The summed E-state index contributed by atoms with van der Waals surface area (Å²) < 4.78 is 14.9. The van der Waals surface area contributed by atoms with E-state index in [-0.39, 0.29) is 19.3 Å². The smallest absolute Gasteiger partial charge is 0.344 e. The second kappa shape index (κ2) is 8.80. The Balaban J connectivity index is 2.23. The van der Waals surface area contributed by atoms with E-state index in [1.807, 2.05) is 0 Å². The highest BCUT2D eigenvalue weighted by atomic mass is 16.6. The average Bonchev–Trinajstić information content (AvgIpc) is 2.43. The lowest BCUT2D eigenvalue weighted by Gasteiger charge is -2.12. The van der Waals surface area contributed by atoms with E-state index in [0.29, 0.717) is 18.0 Å². The zero-order chi connectivity index (χ0) is 15.7. The first-order chi connectivity index (χ1) is 10.0. The van der Waals surface area contributed by atoms with Crippen LogP contribution in [-0.4, -0.2) is 44.8 Å². The molecule has 0 saturated heterocycles. The normalized spacial score (nSPS) is 11.5. The van der Waals surface area contributed by atoms with Gasteiger partial charge in [-0.3, -0.25) is 4.79 Å². The molecule has 116 valence electrons. The molecular weight excluding hydrogens is 276 g/mol. The lowest BCUT2D eigenvalue weighted by Crippen LogP contribution is -2.38. The van der Waals surface area contributed by atoms with Crippen LogP contribution < -0.4 is 15.8 Å². The van der Waals surface area contributed by atoms with E-state index in [1.54, 1.807) is 31.2 Å². The van der Waals surface area contributed by atoms with Crippen molar-refractivity contribution in [1.29, 1.82) is 0 Å². The quantitative estimate of drug-likeness (QED) is 0.530. The van der Waals surface area contributed by atoms with Gasteiger partial charge in [0.05, 0.1) is 6.61 Å². The Kier molecular flexibility index (Phi) is 7.03. The Bertz CT molecular complexity index is 478. The molecule has 0 bridgehead atoms. The van der Waals surface area contributed by atoms with Gasteiger partial charge in [0.1, 0.15) is 5.75 Å². The Morgan fingerprint density at radius 1 is 1.33 bits per heavy atom. The first kappa shape index (κ1) is 16.8. The van der Waals surface area contributed by atoms with Gasteiger partial charge in [0.25, 0.3) is 5.91 Å². The summed E-state index contributed by atoms with van der Waals surface area (Å²) >= 11 is 0. The highest BCUT2D eigenvalue weighted by Gasteiger charge is 2.11. The zero-order valence-electron chi connectivity index (χ0n) is 12.1. The number of nitrogens with one attached hydrogen (secondary N) is 1. The molecule has 1 aromatic rings. The number of esters is 1. The molecule has 0 aliphatic heterocycles. The topological polar surface area (TPSA) is 99.9 Å². The molecule has 0 radical (unpaired) electrons. The molecule has 1 aromatic carbocycles. The van der Waals surface area contributed by atoms with Crippen molar-refractivity contribution in [2.45, 2.75) is 13.0 Å². The molecule has 1 unspecified atom stereocenters. The largest absolute Gasteiger partial charge is 0.482 e. The van der Waals surface area contributed by atoms with Crippen LogP contribution in [0.5, 0.6) is 5.75 Å². The lowest BCUT2D eigenvalue weighted by atomic mass is 10.3. The van der Waals surface area contributed by atoms with Crippen LogP contribution in [0, 0.1) is 0 Å². The van der Waals surface area contributed by atoms with Crippen LogP contribution in [0.2, 0.25) is 0 Å². The molecule has 3 N–H and O–H groups in total. The van der Waals surface area contributed by atoms with Crippen LogP contribution in [0.1, 0.15) is 6.92 Å². The maximum Gasteiger partial charge on any atom is 0.344 e. The van der Waals surface area contributed by atoms with Gasteiger partial charge in [-0.25, -0.2) is 4.79 Å². The standard InChI is InChI=1S/C14H20N2O5/c1-10(7-19-2)16-13(17)8-21-14(18)9-20-12-5-3-4-11(15)6-12/h3-6,10H,7-9,15H2,1-2H3,(H,16,17). The third-order valence-electron chi connectivity index (χ3n) is 2.40. The summed E-state index contributed by atoms with van der Waals surface area (Å²) in [5, 5.41) is 2.62. The number of hydrogen-bond acceptors (Lipinski definition) is 6. The van der Waals surface area contributed by atoms with Crippen LogP contribution >= 0.6 is 0 Å². The van der Waals surface area contributed by atoms with E-state index in [2.05, 4.69) is 5.32 Å². The SMILES string of the molecule is COCC(C)NC(=O)COC(=O)COc1cccc(N)c1. The Morgan fingerprint density at radius 2 is 2.10 bits per heavy atom. The van der Waals surface area contributed by atoms with Gasteiger partial charge in [-0.05, 0) is 19.1 Å².